The summed E-state index contributed by atoms with van der Waals surface area (Å²) in [7, 11) is -0.509. The van der Waals surface area contributed by atoms with E-state index in [2.05, 4.69) is 15.9 Å². The van der Waals surface area contributed by atoms with Gasteiger partial charge in [-0.2, -0.15) is 0 Å². The van der Waals surface area contributed by atoms with Gasteiger partial charge in [0.15, 0.2) is 0 Å². The molecule has 106 valence electrons. The molecule has 2 aromatic carbocycles. The zero-order valence-electron chi connectivity index (χ0n) is 11.1. The molecule has 0 unspecified atom stereocenters. The van der Waals surface area contributed by atoms with Gasteiger partial charge in [0.25, 0.3) is 10.0 Å². The molecule has 0 saturated heterocycles. The number of anilines is 1. The lowest BCUT2D eigenvalue weighted by atomic mass is 10.3. The highest BCUT2D eigenvalue weighted by atomic mass is 79.9. The molecule has 0 heterocycles. The van der Waals surface area contributed by atoms with Gasteiger partial charge in [0.05, 0.1) is 17.7 Å². The number of ether oxygens (including phenoxy) is 1. The average Bonchev–Trinajstić information content (AvgIpc) is 2.46. The summed E-state index contributed by atoms with van der Waals surface area (Å²) in [5.41, 5.74) is 0.593. The van der Waals surface area contributed by atoms with Crippen LogP contribution in [0.3, 0.4) is 0 Å². The van der Waals surface area contributed by atoms with E-state index in [1.807, 2.05) is 6.07 Å². The lowest BCUT2D eigenvalue weighted by Crippen LogP contribution is -2.26. The molecule has 0 saturated carbocycles. The van der Waals surface area contributed by atoms with E-state index < -0.39 is 10.0 Å². The number of halogens is 1. The van der Waals surface area contributed by atoms with Gasteiger partial charge in [-0.3, -0.25) is 4.31 Å². The average molecular weight is 356 g/mol. The van der Waals surface area contributed by atoms with Crippen LogP contribution in [0.15, 0.2) is 57.9 Å². The molecule has 0 fully saturated rings. The van der Waals surface area contributed by atoms with Gasteiger partial charge < -0.3 is 4.74 Å². The Bertz CT molecular complexity index is 699. The van der Waals surface area contributed by atoms with Crippen molar-refractivity contribution in [2.45, 2.75) is 4.90 Å². The van der Waals surface area contributed by atoms with Gasteiger partial charge in [0.1, 0.15) is 5.75 Å². The van der Waals surface area contributed by atoms with E-state index in [1.54, 1.807) is 30.3 Å². The number of rotatable bonds is 4. The molecule has 0 atom stereocenters. The number of nitrogens with zero attached hydrogens (tertiary/aromatic N) is 1. The van der Waals surface area contributed by atoms with E-state index >= 15 is 0 Å². The smallest absolute Gasteiger partial charge is 0.264 e. The normalized spacial score (nSPS) is 11.2. The predicted molar refractivity (Wildman–Crippen MR) is 82.7 cm³/mol. The Balaban J connectivity index is 2.38. The number of hydrogen-bond acceptors (Lipinski definition) is 3. The topological polar surface area (TPSA) is 46.6 Å². The van der Waals surface area contributed by atoms with Crippen LogP contribution in [-0.4, -0.2) is 22.6 Å². The number of sulfonamides is 1. The SMILES string of the molecule is COc1ccc(S(=O)(=O)N(C)c2cccc(Br)c2)cc1. The summed E-state index contributed by atoms with van der Waals surface area (Å²) in [5, 5.41) is 0. The molecule has 0 spiro atoms. The first kappa shape index (κ1) is 14.9. The van der Waals surface area contributed by atoms with Crippen molar-refractivity contribution in [3.05, 3.63) is 53.0 Å². The minimum absolute atomic E-state index is 0.223. The summed E-state index contributed by atoms with van der Waals surface area (Å²) < 4.78 is 32.1. The maximum atomic E-state index is 12.5. The molecular formula is C14H14BrNO3S. The number of methoxy groups -OCH3 is 1. The van der Waals surface area contributed by atoms with E-state index in [-0.39, 0.29) is 4.90 Å². The quantitative estimate of drug-likeness (QED) is 0.845. The molecule has 0 aliphatic rings. The molecule has 0 N–H and O–H groups in total. The highest BCUT2D eigenvalue weighted by Gasteiger charge is 2.21. The summed E-state index contributed by atoms with van der Waals surface area (Å²) in [4.78, 5) is 0.223. The lowest BCUT2D eigenvalue weighted by Gasteiger charge is -2.19. The van der Waals surface area contributed by atoms with Gasteiger partial charge in [-0.05, 0) is 42.5 Å². The van der Waals surface area contributed by atoms with Gasteiger partial charge >= 0.3 is 0 Å². The molecule has 0 aliphatic carbocycles. The van der Waals surface area contributed by atoms with Crippen LogP contribution in [-0.2, 0) is 10.0 Å². The molecule has 0 amide bonds. The predicted octanol–water partition coefficient (Wildman–Crippen LogP) is 3.28. The van der Waals surface area contributed by atoms with E-state index in [4.69, 9.17) is 4.74 Å². The summed E-state index contributed by atoms with van der Waals surface area (Å²) in [6, 6.07) is 13.4. The lowest BCUT2D eigenvalue weighted by molar-refractivity contribution is 0.414. The van der Waals surface area contributed by atoms with Gasteiger partial charge in [-0.15, -0.1) is 0 Å². The van der Waals surface area contributed by atoms with Crippen molar-refractivity contribution in [1.82, 2.24) is 0 Å². The molecule has 2 rings (SSSR count). The summed E-state index contributed by atoms with van der Waals surface area (Å²) >= 11 is 3.33. The third-order valence-electron chi connectivity index (χ3n) is 2.89. The molecular weight excluding hydrogens is 342 g/mol. The minimum atomic E-state index is -3.58. The van der Waals surface area contributed by atoms with Crippen LogP contribution < -0.4 is 9.04 Å². The fraction of sp³-hybridized carbons (Fsp3) is 0.143. The second-order valence-corrected chi connectivity index (χ2v) is 7.01. The molecule has 0 aromatic heterocycles. The number of benzene rings is 2. The summed E-state index contributed by atoms with van der Waals surface area (Å²) in [6.45, 7) is 0. The van der Waals surface area contributed by atoms with Crippen molar-refractivity contribution in [2.75, 3.05) is 18.5 Å². The third kappa shape index (κ3) is 2.96. The monoisotopic (exact) mass is 355 g/mol. The van der Waals surface area contributed by atoms with Crippen LogP contribution in [0.1, 0.15) is 0 Å². The van der Waals surface area contributed by atoms with E-state index in [1.165, 1.54) is 30.6 Å². The summed E-state index contributed by atoms with van der Waals surface area (Å²) in [6.07, 6.45) is 0. The molecule has 0 radical (unpaired) electrons. The fourth-order valence-electron chi connectivity index (χ4n) is 1.72. The zero-order valence-corrected chi connectivity index (χ0v) is 13.5. The molecule has 4 nitrogen and oxygen atoms in total. The zero-order chi connectivity index (χ0) is 14.8. The van der Waals surface area contributed by atoms with Gasteiger partial charge in [0, 0.05) is 11.5 Å². The Morgan fingerprint density at radius 3 is 2.30 bits per heavy atom. The molecule has 20 heavy (non-hydrogen) atoms. The van der Waals surface area contributed by atoms with Crippen LogP contribution in [0.5, 0.6) is 5.75 Å². The molecule has 2 aromatic rings. The number of hydrogen-bond donors (Lipinski definition) is 0. The fourth-order valence-corrected chi connectivity index (χ4v) is 3.29. The third-order valence-corrected chi connectivity index (χ3v) is 5.18. The van der Waals surface area contributed by atoms with E-state index in [9.17, 15) is 8.42 Å². The Labute approximate surface area is 127 Å². The van der Waals surface area contributed by atoms with E-state index in [0.717, 1.165) is 4.47 Å². The van der Waals surface area contributed by atoms with Crippen molar-refractivity contribution < 1.29 is 13.2 Å². The van der Waals surface area contributed by atoms with Crippen LogP contribution in [0.4, 0.5) is 5.69 Å². The van der Waals surface area contributed by atoms with Crippen LogP contribution in [0.25, 0.3) is 0 Å². The maximum absolute atomic E-state index is 12.5. The molecule has 0 bridgehead atoms. The van der Waals surface area contributed by atoms with Crippen LogP contribution >= 0.6 is 15.9 Å². The Hall–Kier alpha value is -1.53. The van der Waals surface area contributed by atoms with Crippen molar-refractivity contribution in [2.24, 2.45) is 0 Å². The standard InChI is InChI=1S/C14H14BrNO3S/c1-16(12-5-3-4-11(15)10-12)20(17,18)14-8-6-13(19-2)7-9-14/h3-10H,1-2H3. The van der Waals surface area contributed by atoms with Gasteiger partial charge in [-0.1, -0.05) is 22.0 Å². The van der Waals surface area contributed by atoms with Crippen molar-refractivity contribution in [3.63, 3.8) is 0 Å². The largest absolute Gasteiger partial charge is 0.497 e. The van der Waals surface area contributed by atoms with Gasteiger partial charge in [-0.25, -0.2) is 8.42 Å². The first-order valence-corrected chi connectivity index (χ1v) is 8.07. The highest BCUT2D eigenvalue weighted by molar-refractivity contribution is 9.10. The first-order chi connectivity index (χ1) is 9.45. The van der Waals surface area contributed by atoms with Crippen molar-refractivity contribution in [1.29, 1.82) is 0 Å². The van der Waals surface area contributed by atoms with Crippen molar-refractivity contribution >= 4 is 31.6 Å². The second kappa shape index (κ2) is 5.85. The minimum Gasteiger partial charge on any atom is -0.497 e. The maximum Gasteiger partial charge on any atom is 0.264 e. The Morgan fingerprint density at radius 2 is 1.75 bits per heavy atom. The highest BCUT2D eigenvalue weighted by Crippen LogP contribution is 2.25. The molecule has 6 heteroatoms. The Morgan fingerprint density at radius 1 is 1.10 bits per heavy atom. The second-order valence-electron chi connectivity index (χ2n) is 4.13. The van der Waals surface area contributed by atoms with Crippen molar-refractivity contribution in [3.8, 4) is 5.75 Å². The van der Waals surface area contributed by atoms with Gasteiger partial charge in [0.2, 0.25) is 0 Å². The first-order valence-electron chi connectivity index (χ1n) is 5.83. The Kier molecular flexibility index (Phi) is 4.35. The summed E-state index contributed by atoms with van der Waals surface area (Å²) in [5.74, 6) is 0.619. The van der Waals surface area contributed by atoms with Crippen LogP contribution in [0, 0.1) is 0 Å². The van der Waals surface area contributed by atoms with E-state index in [0.29, 0.717) is 11.4 Å². The van der Waals surface area contributed by atoms with Crippen LogP contribution in [0.2, 0.25) is 0 Å². The molecule has 0 aliphatic heterocycles.